The predicted octanol–water partition coefficient (Wildman–Crippen LogP) is 2.71. The molecule has 0 fully saturated rings. The third-order valence-corrected chi connectivity index (χ3v) is 3.61. The third kappa shape index (κ3) is 3.24. The van der Waals surface area contributed by atoms with Gasteiger partial charge in [-0.3, -0.25) is 9.48 Å². The van der Waals surface area contributed by atoms with E-state index in [9.17, 15) is 4.79 Å². The van der Waals surface area contributed by atoms with Crippen LogP contribution in [0.25, 0.3) is 0 Å². The molecular formula is C16H21N3O2. The molecule has 1 amide bonds. The van der Waals surface area contributed by atoms with Crippen molar-refractivity contribution in [2.24, 2.45) is 0 Å². The van der Waals surface area contributed by atoms with E-state index in [1.807, 2.05) is 31.6 Å². The maximum atomic E-state index is 12.2. The van der Waals surface area contributed by atoms with Gasteiger partial charge in [-0.1, -0.05) is 0 Å². The molecule has 1 aromatic carbocycles. The number of ether oxygens (including phenoxy) is 1. The highest BCUT2D eigenvalue weighted by Gasteiger charge is 2.16. The van der Waals surface area contributed by atoms with Crippen LogP contribution in [0.5, 0.6) is 5.75 Å². The first kappa shape index (κ1) is 15.1. The summed E-state index contributed by atoms with van der Waals surface area (Å²) in [4.78, 5) is 12.2. The Morgan fingerprint density at radius 2 is 2.05 bits per heavy atom. The minimum atomic E-state index is -0.103. The summed E-state index contributed by atoms with van der Waals surface area (Å²) in [6, 6.07) is 6.98. The molecule has 2 aromatic rings. The summed E-state index contributed by atoms with van der Waals surface area (Å²) in [5.41, 5.74) is 2.74. The molecule has 0 aliphatic heterocycles. The summed E-state index contributed by atoms with van der Waals surface area (Å²) in [6.45, 7) is 6.85. The molecule has 1 unspecified atom stereocenters. The van der Waals surface area contributed by atoms with E-state index in [-0.39, 0.29) is 11.9 Å². The summed E-state index contributed by atoms with van der Waals surface area (Å²) in [5.74, 6) is 0.633. The van der Waals surface area contributed by atoms with E-state index in [1.165, 1.54) is 0 Å². The normalized spacial score (nSPS) is 12.0. The fourth-order valence-corrected chi connectivity index (χ4v) is 2.31. The van der Waals surface area contributed by atoms with E-state index in [4.69, 9.17) is 4.74 Å². The number of hydrogen-bond acceptors (Lipinski definition) is 3. The zero-order valence-electron chi connectivity index (χ0n) is 12.9. The lowest BCUT2D eigenvalue weighted by molar-refractivity contribution is 0.0940. The monoisotopic (exact) mass is 287 g/mol. The van der Waals surface area contributed by atoms with Crippen LogP contribution in [0.2, 0.25) is 0 Å². The Morgan fingerprint density at radius 1 is 1.38 bits per heavy atom. The first-order chi connectivity index (χ1) is 10.1. The Kier molecular flexibility index (Phi) is 4.62. The van der Waals surface area contributed by atoms with Crippen LogP contribution in [0.3, 0.4) is 0 Å². The SMILES string of the molecule is CCn1ncc(C(C)NC(=O)c2ccc(OC)cc2)c1C. The molecule has 0 spiro atoms. The van der Waals surface area contributed by atoms with E-state index in [1.54, 1.807) is 31.4 Å². The number of amides is 1. The Bertz CT molecular complexity index is 617. The molecule has 0 aliphatic carbocycles. The minimum Gasteiger partial charge on any atom is -0.497 e. The van der Waals surface area contributed by atoms with Gasteiger partial charge in [0.2, 0.25) is 0 Å². The second kappa shape index (κ2) is 6.43. The lowest BCUT2D eigenvalue weighted by atomic mass is 10.1. The Morgan fingerprint density at radius 3 is 2.57 bits per heavy atom. The molecule has 5 heteroatoms. The zero-order valence-corrected chi connectivity index (χ0v) is 12.9. The number of benzene rings is 1. The molecule has 1 aromatic heterocycles. The van der Waals surface area contributed by atoms with Crippen LogP contribution in [-0.2, 0) is 6.54 Å². The van der Waals surface area contributed by atoms with Crippen LogP contribution in [0, 0.1) is 6.92 Å². The van der Waals surface area contributed by atoms with Crippen LogP contribution in [0.1, 0.15) is 41.5 Å². The number of nitrogens with zero attached hydrogens (tertiary/aromatic N) is 2. The number of aromatic nitrogens is 2. The van der Waals surface area contributed by atoms with Crippen molar-refractivity contribution in [1.82, 2.24) is 15.1 Å². The number of carbonyl (C=O) groups is 1. The lowest BCUT2D eigenvalue weighted by Gasteiger charge is -2.14. The van der Waals surface area contributed by atoms with Gasteiger partial charge in [0.15, 0.2) is 0 Å². The summed E-state index contributed by atoms with van der Waals surface area (Å²) < 4.78 is 7.01. The molecular weight excluding hydrogens is 266 g/mol. The second-order valence-electron chi connectivity index (χ2n) is 4.92. The second-order valence-corrected chi connectivity index (χ2v) is 4.92. The number of carbonyl (C=O) groups excluding carboxylic acids is 1. The average molecular weight is 287 g/mol. The van der Waals surface area contributed by atoms with Gasteiger partial charge in [0.05, 0.1) is 19.3 Å². The van der Waals surface area contributed by atoms with E-state index in [0.29, 0.717) is 5.56 Å². The number of nitrogens with one attached hydrogen (secondary N) is 1. The first-order valence-electron chi connectivity index (χ1n) is 7.04. The molecule has 112 valence electrons. The van der Waals surface area contributed by atoms with Crippen molar-refractivity contribution in [2.75, 3.05) is 7.11 Å². The van der Waals surface area contributed by atoms with Crippen molar-refractivity contribution < 1.29 is 9.53 Å². The summed E-state index contributed by atoms with van der Waals surface area (Å²) in [6.07, 6.45) is 1.82. The van der Waals surface area contributed by atoms with E-state index >= 15 is 0 Å². The summed E-state index contributed by atoms with van der Waals surface area (Å²) in [7, 11) is 1.60. The standard InChI is InChI=1S/C16H21N3O2/c1-5-19-12(3)15(10-17-19)11(2)18-16(20)13-6-8-14(21-4)9-7-13/h6-11H,5H2,1-4H3,(H,18,20). The maximum Gasteiger partial charge on any atom is 0.251 e. The van der Waals surface area contributed by atoms with Crippen LogP contribution in [0.4, 0.5) is 0 Å². The smallest absolute Gasteiger partial charge is 0.251 e. The van der Waals surface area contributed by atoms with Crippen LogP contribution in [-0.4, -0.2) is 22.8 Å². The molecule has 0 saturated heterocycles. The molecule has 0 saturated carbocycles. The van der Waals surface area contributed by atoms with Crippen molar-refractivity contribution >= 4 is 5.91 Å². The Balaban J connectivity index is 2.08. The molecule has 0 radical (unpaired) electrons. The minimum absolute atomic E-state index is 0.0834. The van der Waals surface area contributed by atoms with Crippen LogP contribution in [0.15, 0.2) is 30.5 Å². The lowest BCUT2D eigenvalue weighted by Crippen LogP contribution is -2.26. The quantitative estimate of drug-likeness (QED) is 0.920. The molecule has 1 atom stereocenters. The fraction of sp³-hybridized carbons (Fsp3) is 0.375. The third-order valence-electron chi connectivity index (χ3n) is 3.61. The molecule has 0 bridgehead atoms. The van der Waals surface area contributed by atoms with Gasteiger partial charge >= 0.3 is 0 Å². The molecule has 1 heterocycles. The van der Waals surface area contributed by atoms with Gasteiger partial charge in [0.25, 0.3) is 5.91 Å². The van der Waals surface area contributed by atoms with Crippen LogP contribution >= 0.6 is 0 Å². The van der Waals surface area contributed by atoms with Gasteiger partial charge in [-0.25, -0.2) is 0 Å². The Hall–Kier alpha value is -2.30. The molecule has 5 nitrogen and oxygen atoms in total. The fourth-order valence-electron chi connectivity index (χ4n) is 2.31. The predicted molar refractivity (Wildman–Crippen MR) is 81.5 cm³/mol. The van der Waals surface area contributed by atoms with E-state index < -0.39 is 0 Å². The van der Waals surface area contributed by atoms with Gasteiger partial charge < -0.3 is 10.1 Å². The van der Waals surface area contributed by atoms with E-state index in [2.05, 4.69) is 10.4 Å². The number of aryl methyl sites for hydroxylation is 1. The average Bonchev–Trinajstić information content (AvgIpc) is 2.88. The van der Waals surface area contributed by atoms with Crippen molar-refractivity contribution in [3.05, 3.63) is 47.3 Å². The van der Waals surface area contributed by atoms with Crippen molar-refractivity contribution in [1.29, 1.82) is 0 Å². The zero-order chi connectivity index (χ0) is 15.4. The first-order valence-corrected chi connectivity index (χ1v) is 7.04. The highest BCUT2D eigenvalue weighted by molar-refractivity contribution is 5.94. The van der Waals surface area contributed by atoms with Crippen LogP contribution < -0.4 is 10.1 Å². The number of rotatable bonds is 5. The Labute approximate surface area is 124 Å². The van der Waals surface area contributed by atoms with Gasteiger partial charge in [0, 0.05) is 23.4 Å². The van der Waals surface area contributed by atoms with Crippen molar-refractivity contribution in [3.63, 3.8) is 0 Å². The molecule has 21 heavy (non-hydrogen) atoms. The van der Waals surface area contributed by atoms with Gasteiger partial charge in [-0.2, -0.15) is 5.10 Å². The highest BCUT2D eigenvalue weighted by Crippen LogP contribution is 2.18. The van der Waals surface area contributed by atoms with Gasteiger partial charge in [0.1, 0.15) is 5.75 Å². The topological polar surface area (TPSA) is 56.2 Å². The highest BCUT2D eigenvalue weighted by atomic mass is 16.5. The van der Waals surface area contributed by atoms with Gasteiger partial charge in [-0.05, 0) is 45.0 Å². The largest absolute Gasteiger partial charge is 0.497 e. The summed E-state index contributed by atoms with van der Waals surface area (Å²) in [5, 5.41) is 7.30. The number of hydrogen-bond donors (Lipinski definition) is 1. The molecule has 2 rings (SSSR count). The van der Waals surface area contributed by atoms with Gasteiger partial charge in [-0.15, -0.1) is 0 Å². The number of methoxy groups -OCH3 is 1. The maximum absolute atomic E-state index is 12.2. The van der Waals surface area contributed by atoms with Crippen molar-refractivity contribution in [3.8, 4) is 5.75 Å². The molecule has 0 aliphatic rings. The van der Waals surface area contributed by atoms with E-state index in [0.717, 1.165) is 23.6 Å². The summed E-state index contributed by atoms with van der Waals surface area (Å²) >= 11 is 0. The van der Waals surface area contributed by atoms with Crippen molar-refractivity contribution in [2.45, 2.75) is 33.4 Å². The molecule has 1 N–H and O–H groups in total.